The Morgan fingerprint density at radius 1 is 1.29 bits per heavy atom. The molecule has 0 spiro atoms. The van der Waals surface area contributed by atoms with Crippen LogP contribution in [0, 0.1) is 6.92 Å². The molecule has 1 fully saturated rings. The van der Waals surface area contributed by atoms with Gasteiger partial charge >= 0.3 is 0 Å². The molecule has 4 heteroatoms. The highest BCUT2D eigenvalue weighted by Crippen LogP contribution is 2.36. The zero-order chi connectivity index (χ0) is 15.0. The second-order valence-corrected chi connectivity index (χ2v) is 7.39. The van der Waals surface area contributed by atoms with E-state index in [-0.39, 0.29) is 11.4 Å². The van der Waals surface area contributed by atoms with Gasteiger partial charge in [-0.25, -0.2) is 0 Å². The number of nitrogen functional groups attached to an aromatic ring is 1. The Morgan fingerprint density at radius 3 is 2.67 bits per heavy atom. The number of rotatable bonds is 2. The van der Waals surface area contributed by atoms with Crippen LogP contribution in [-0.2, 0) is 0 Å². The standard InChI is InChI=1S/C17H22N2OS/c1-11-7-6-8-12-13(18)15(21-14(11)12)16(20)19-17(2)9-4-3-5-10-17/h6-8H,3-5,9-10,18H2,1-2H3,(H,19,20). The van der Waals surface area contributed by atoms with Gasteiger partial charge in [0.05, 0.1) is 5.69 Å². The Labute approximate surface area is 129 Å². The Kier molecular flexibility index (Phi) is 3.66. The summed E-state index contributed by atoms with van der Waals surface area (Å²) in [6.45, 7) is 4.21. The molecule has 0 bridgehead atoms. The zero-order valence-electron chi connectivity index (χ0n) is 12.7. The van der Waals surface area contributed by atoms with E-state index >= 15 is 0 Å². The number of nitrogens with one attached hydrogen (secondary N) is 1. The van der Waals surface area contributed by atoms with E-state index in [1.165, 1.54) is 36.2 Å². The van der Waals surface area contributed by atoms with Gasteiger partial charge in [-0.3, -0.25) is 4.79 Å². The van der Waals surface area contributed by atoms with Gasteiger partial charge in [0.15, 0.2) is 0 Å². The van der Waals surface area contributed by atoms with Crippen LogP contribution in [0.15, 0.2) is 18.2 Å². The summed E-state index contributed by atoms with van der Waals surface area (Å²) in [4.78, 5) is 13.3. The average Bonchev–Trinajstić information content (AvgIpc) is 2.78. The third kappa shape index (κ3) is 2.64. The number of amides is 1. The van der Waals surface area contributed by atoms with Crippen molar-refractivity contribution in [3.05, 3.63) is 28.6 Å². The second kappa shape index (κ2) is 5.34. The van der Waals surface area contributed by atoms with Gasteiger partial charge in [0.25, 0.3) is 5.91 Å². The summed E-state index contributed by atoms with van der Waals surface area (Å²) in [5.41, 5.74) is 7.92. The number of benzene rings is 1. The second-order valence-electron chi connectivity index (χ2n) is 6.37. The maximum atomic E-state index is 12.6. The Balaban J connectivity index is 1.91. The van der Waals surface area contributed by atoms with Crippen LogP contribution in [0.5, 0.6) is 0 Å². The van der Waals surface area contributed by atoms with Crippen LogP contribution in [0.1, 0.15) is 54.3 Å². The number of carbonyl (C=O) groups excluding carboxylic acids is 1. The number of carbonyl (C=O) groups is 1. The molecule has 1 aromatic carbocycles. The van der Waals surface area contributed by atoms with E-state index in [2.05, 4.69) is 25.2 Å². The molecule has 3 nitrogen and oxygen atoms in total. The van der Waals surface area contributed by atoms with Crippen LogP contribution in [0.3, 0.4) is 0 Å². The smallest absolute Gasteiger partial charge is 0.263 e. The van der Waals surface area contributed by atoms with Crippen LogP contribution in [-0.4, -0.2) is 11.4 Å². The molecular weight excluding hydrogens is 280 g/mol. The molecule has 1 amide bonds. The number of nitrogens with two attached hydrogens (primary N) is 1. The minimum absolute atomic E-state index is 0.0162. The lowest BCUT2D eigenvalue weighted by atomic mass is 9.83. The summed E-state index contributed by atoms with van der Waals surface area (Å²) in [5.74, 6) is -0.0162. The molecule has 1 aromatic heterocycles. The number of anilines is 1. The molecule has 0 radical (unpaired) electrons. The molecule has 0 unspecified atom stereocenters. The first-order chi connectivity index (χ1) is 10.0. The topological polar surface area (TPSA) is 55.1 Å². The monoisotopic (exact) mass is 302 g/mol. The molecule has 0 saturated heterocycles. The number of fused-ring (bicyclic) bond motifs is 1. The van der Waals surface area contributed by atoms with Crippen molar-refractivity contribution >= 4 is 33.0 Å². The van der Waals surface area contributed by atoms with Crippen molar-refractivity contribution in [1.29, 1.82) is 0 Å². The van der Waals surface area contributed by atoms with Gasteiger partial charge < -0.3 is 11.1 Å². The van der Waals surface area contributed by atoms with Gasteiger partial charge in [-0.15, -0.1) is 11.3 Å². The van der Waals surface area contributed by atoms with E-state index in [9.17, 15) is 4.79 Å². The maximum absolute atomic E-state index is 12.6. The first-order valence-electron chi connectivity index (χ1n) is 7.60. The lowest BCUT2D eigenvalue weighted by Gasteiger charge is -2.34. The van der Waals surface area contributed by atoms with Crippen molar-refractivity contribution < 1.29 is 4.79 Å². The van der Waals surface area contributed by atoms with Crippen LogP contribution in [0.25, 0.3) is 10.1 Å². The molecule has 3 rings (SSSR count). The third-order valence-corrected chi connectivity index (χ3v) is 5.88. The lowest BCUT2D eigenvalue weighted by Crippen LogP contribution is -2.47. The summed E-state index contributed by atoms with van der Waals surface area (Å²) in [6.07, 6.45) is 5.77. The van der Waals surface area contributed by atoms with Crippen molar-refractivity contribution in [1.82, 2.24) is 5.32 Å². The normalized spacial score (nSPS) is 17.8. The average molecular weight is 302 g/mol. The summed E-state index contributed by atoms with van der Waals surface area (Å²) in [5, 5.41) is 4.22. The van der Waals surface area contributed by atoms with E-state index < -0.39 is 0 Å². The van der Waals surface area contributed by atoms with Crippen LogP contribution in [0.2, 0.25) is 0 Å². The molecule has 112 valence electrons. The fraction of sp³-hybridized carbons (Fsp3) is 0.471. The van der Waals surface area contributed by atoms with E-state index in [0.717, 1.165) is 22.9 Å². The first kappa shape index (κ1) is 14.4. The molecule has 1 saturated carbocycles. The van der Waals surface area contributed by atoms with Gasteiger partial charge in [-0.05, 0) is 32.3 Å². The predicted octanol–water partition coefficient (Wildman–Crippen LogP) is 4.24. The third-order valence-electron chi connectivity index (χ3n) is 4.53. The highest BCUT2D eigenvalue weighted by Gasteiger charge is 2.30. The summed E-state index contributed by atoms with van der Waals surface area (Å²) < 4.78 is 1.12. The van der Waals surface area contributed by atoms with Crippen molar-refractivity contribution in [3.8, 4) is 0 Å². The van der Waals surface area contributed by atoms with Crippen LogP contribution in [0.4, 0.5) is 5.69 Å². The predicted molar refractivity (Wildman–Crippen MR) is 89.9 cm³/mol. The maximum Gasteiger partial charge on any atom is 0.263 e. The molecule has 3 N–H and O–H groups in total. The van der Waals surface area contributed by atoms with Crippen molar-refractivity contribution in [2.45, 2.75) is 51.5 Å². The van der Waals surface area contributed by atoms with E-state index in [4.69, 9.17) is 5.73 Å². The zero-order valence-corrected chi connectivity index (χ0v) is 13.5. The highest BCUT2D eigenvalue weighted by atomic mass is 32.1. The Bertz CT molecular complexity index is 683. The van der Waals surface area contributed by atoms with Crippen molar-refractivity contribution in [2.24, 2.45) is 0 Å². The molecule has 21 heavy (non-hydrogen) atoms. The van der Waals surface area contributed by atoms with Gasteiger partial charge in [-0.1, -0.05) is 37.5 Å². The van der Waals surface area contributed by atoms with E-state index in [1.54, 1.807) is 0 Å². The van der Waals surface area contributed by atoms with Gasteiger partial charge in [0, 0.05) is 15.6 Å². The summed E-state index contributed by atoms with van der Waals surface area (Å²) in [7, 11) is 0. The number of thiophene rings is 1. The Morgan fingerprint density at radius 2 is 2.00 bits per heavy atom. The lowest BCUT2D eigenvalue weighted by molar-refractivity contribution is 0.0888. The number of hydrogen-bond acceptors (Lipinski definition) is 3. The fourth-order valence-corrected chi connectivity index (χ4v) is 4.32. The fourth-order valence-electron chi connectivity index (χ4n) is 3.24. The molecule has 1 aliphatic carbocycles. The molecule has 0 atom stereocenters. The van der Waals surface area contributed by atoms with E-state index in [0.29, 0.717) is 10.6 Å². The number of hydrogen-bond donors (Lipinski definition) is 2. The molecule has 2 aromatic rings. The van der Waals surface area contributed by atoms with Crippen LogP contribution < -0.4 is 11.1 Å². The summed E-state index contributed by atoms with van der Waals surface area (Å²) >= 11 is 1.51. The molecular formula is C17H22N2OS. The summed E-state index contributed by atoms with van der Waals surface area (Å²) in [6, 6.07) is 6.04. The van der Waals surface area contributed by atoms with Gasteiger partial charge in [0.1, 0.15) is 4.88 Å². The highest BCUT2D eigenvalue weighted by molar-refractivity contribution is 7.21. The minimum Gasteiger partial charge on any atom is -0.397 e. The van der Waals surface area contributed by atoms with Crippen molar-refractivity contribution in [2.75, 3.05) is 5.73 Å². The van der Waals surface area contributed by atoms with Gasteiger partial charge in [-0.2, -0.15) is 0 Å². The van der Waals surface area contributed by atoms with E-state index in [1.807, 2.05) is 12.1 Å². The Hall–Kier alpha value is -1.55. The largest absolute Gasteiger partial charge is 0.397 e. The molecule has 0 aliphatic heterocycles. The minimum atomic E-state index is -0.0764. The van der Waals surface area contributed by atoms with Crippen LogP contribution >= 0.6 is 11.3 Å². The van der Waals surface area contributed by atoms with Gasteiger partial charge in [0.2, 0.25) is 0 Å². The SMILES string of the molecule is Cc1cccc2c(N)c(C(=O)NC3(C)CCCCC3)sc12. The molecule has 1 aliphatic rings. The first-order valence-corrected chi connectivity index (χ1v) is 8.42. The quantitative estimate of drug-likeness (QED) is 0.871. The van der Waals surface area contributed by atoms with Crippen molar-refractivity contribution in [3.63, 3.8) is 0 Å². The molecule has 1 heterocycles. The number of aryl methyl sites for hydroxylation is 1.